The molecule has 1 heteroatoms. The standard InChI is InChI=1S/C10H13F.C2H6/c1-7(2)9-6-4-5-8(3)10(9)11;1-2/h4-7H,1-3H3;1-2H3. The Hall–Kier alpha value is -0.850. The SMILES string of the molecule is CC.Cc1cccc(C(C)C)c1F. The first-order valence-corrected chi connectivity index (χ1v) is 4.88. The molecule has 0 aromatic heterocycles. The number of halogens is 1. The van der Waals surface area contributed by atoms with Crippen LogP contribution in [0.3, 0.4) is 0 Å². The largest absolute Gasteiger partial charge is 0.206 e. The van der Waals surface area contributed by atoms with E-state index in [9.17, 15) is 4.39 Å². The molecule has 0 atom stereocenters. The highest BCUT2D eigenvalue weighted by Crippen LogP contribution is 2.19. The second-order valence-corrected chi connectivity index (χ2v) is 3.13. The molecule has 1 rings (SSSR count). The quantitative estimate of drug-likeness (QED) is 0.608. The smallest absolute Gasteiger partial charge is 0.129 e. The summed E-state index contributed by atoms with van der Waals surface area (Å²) in [5.74, 6) is 0.220. The maximum Gasteiger partial charge on any atom is 0.129 e. The molecule has 0 saturated carbocycles. The normalized spacial score (nSPS) is 9.46. The average molecular weight is 182 g/mol. The Morgan fingerprint density at radius 3 is 2.08 bits per heavy atom. The van der Waals surface area contributed by atoms with Crippen LogP contribution in [0.15, 0.2) is 18.2 Å². The predicted octanol–water partition coefficient (Wildman–Crippen LogP) is 4.28. The van der Waals surface area contributed by atoms with Crippen LogP contribution in [0.25, 0.3) is 0 Å². The van der Waals surface area contributed by atoms with Crippen LogP contribution in [0, 0.1) is 12.7 Å². The molecule has 1 aromatic rings. The number of rotatable bonds is 1. The van der Waals surface area contributed by atoms with Crippen molar-refractivity contribution in [1.82, 2.24) is 0 Å². The highest BCUT2D eigenvalue weighted by Gasteiger charge is 2.06. The molecule has 0 amide bonds. The van der Waals surface area contributed by atoms with E-state index in [1.54, 1.807) is 13.0 Å². The molecule has 0 N–H and O–H groups in total. The van der Waals surface area contributed by atoms with Gasteiger partial charge in [-0.2, -0.15) is 0 Å². The maximum absolute atomic E-state index is 13.3. The summed E-state index contributed by atoms with van der Waals surface area (Å²) >= 11 is 0. The van der Waals surface area contributed by atoms with Gasteiger partial charge in [0.1, 0.15) is 5.82 Å². The summed E-state index contributed by atoms with van der Waals surface area (Å²) in [6.45, 7) is 9.79. The maximum atomic E-state index is 13.3. The molecule has 0 unspecified atom stereocenters. The van der Waals surface area contributed by atoms with E-state index in [1.807, 2.05) is 39.8 Å². The third-order valence-corrected chi connectivity index (χ3v) is 1.84. The molecule has 0 spiro atoms. The minimum atomic E-state index is -0.0532. The second-order valence-electron chi connectivity index (χ2n) is 3.13. The van der Waals surface area contributed by atoms with Gasteiger partial charge in [0, 0.05) is 0 Å². The van der Waals surface area contributed by atoms with Crippen LogP contribution in [0.2, 0.25) is 0 Å². The van der Waals surface area contributed by atoms with Crippen LogP contribution >= 0.6 is 0 Å². The van der Waals surface area contributed by atoms with Crippen molar-refractivity contribution in [2.45, 2.75) is 40.5 Å². The minimum absolute atomic E-state index is 0.0532. The zero-order chi connectivity index (χ0) is 10.4. The van der Waals surface area contributed by atoms with Crippen molar-refractivity contribution in [1.29, 1.82) is 0 Å². The Morgan fingerprint density at radius 2 is 1.69 bits per heavy atom. The molecule has 0 aliphatic rings. The lowest BCUT2D eigenvalue weighted by Crippen LogP contribution is -1.94. The Balaban J connectivity index is 0.000000671. The predicted molar refractivity (Wildman–Crippen MR) is 56.6 cm³/mol. The molecule has 0 bridgehead atoms. The fourth-order valence-corrected chi connectivity index (χ4v) is 1.12. The summed E-state index contributed by atoms with van der Waals surface area (Å²) < 4.78 is 13.3. The lowest BCUT2D eigenvalue weighted by Gasteiger charge is -2.07. The minimum Gasteiger partial charge on any atom is -0.206 e. The van der Waals surface area contributed by atoms with Crippen LogP contribution < -0.4 is 0 Å². The first kappa shape index (κ1) is 12.2. The highest BCUT2D eigenvalue weighted by atomic mass is 19.1. The average Bonchev–Trinajstić information content (AvgIpc) is 2.13. The third kappa shape index (κ3) is 3.17. The molecule has 0 nitrogen and oxygen atoms in total. The molecule has 0 aliphatic heterocycles. The molecule has 13 heavy (non-hydrogen) atoms. The van der Waals surface area contributed by atoms with E-state index in [-0.39, 0.29) is 11.7 Å². The Morgan fingerprint density at radius 1 is 1.15 bits per heavy atom. The fraction of sp³-hybridized carbons (Fsp3) is 0.500. The molecular formula is C12H19F. The van der Waals surface area contributed by atoms with Crippen molar-refractivity contribution in [3.05, 3.63) is 35.1 Å². The Kier molecular flexibility index (Phi) is 5.36. The highest BCUT2D eigenvalue weighted by molar-refractivity contribution is 5.26. The summed E-state index contributed by atoms with van der Waals surface area (Å²) in [6, 6.07) is 5.53. The first-order valence-electron chi connectivity index (χ1n) is 4.88. The van der Waals surface area contributed by atoms with Gasteiger partial charge in [-0.15, -0.1) is 0 Å². The summed E-state index contributed by atoms with van der Waals surface area (Å²) in [5, 5.41) is 0. The van der Waals surface area contributed by atoms with Gasteiger partial charge in [-0.1, -0.05) is 45.9 Å². The van der Waals surface area contributed by atoms with Crippen LogP contribution in [0.1, 0.15) is 44.7 Å². The van der Waals surface area contributed by atoms with Gasteiger partial charge in [0.05, 0.1) is 0 Å². The van der Waals surface area contributed by atoms with Crippen molar-refractivity contribution in [3.8, 4) is 0 Å². The Bertz CT molecular complexity index is 251. The van der Waals surface area contributed by atoms with Gasteiger partial charge < -0.3 is 0 Å². The van der Waals surface area contributed by atoms with Gasteiger partial charge in [0.15, 0.2) is 0 Å². The van der Waals surface area contributed by atoms with E-state index < -0.39 is 0 Å². The fourth-order valence-electron chi connectivity index (χ4n) is 1.12. The van der Waals surface area contributed by atoms with Gasteiger partial charge in [-0.25, -0.2) is 4.39 Å². The van der Waals surface area contributed by atoms with Gasteiger partial charge in [-0.05, 0) is 24.0 Å². The third-order valence-electron chi connectivity index (χ3n) is 1.84. The van der Waals surface area contributed by atoms with Gasteiger partial charge in [0.25, 0.3) is 0 Å². The van der Waals surface area contributed by atoms with Gasteiger partial charge in [0.2, 0.25) is 0 Å². The van der Waals surface area contributed by atoms with Crippen LogP contribution in [0.4, 0.5) is 4.39 Å². The van der Waals surface area contributed by atoms with Crippen LogP contribution in [-0.4, -0.2) is 0 Å². The first-order chi connectivity index (χ1) is 6.13. The molecule has 0 radical (unpaired) electrons. The zero-order valence-electron chi connectivity index (χ0n) is 9.19. The summed E-state index contributed by atoms with van der Waals surface area (Å²) in [5.41, 5.74) is 1.54. The van der Waals surface area contributed by atoms with E-state index in [1.165, 1.54) is 0 Å². The monoisotopic (exact) mass is 182 g/mol. The number of benzene rings is 1. The van der Waals surface area contributed by atoms with Crippen LogP contribution in [-0.2, 0) is 0 Å². The summed E-state index contributed by atoms with van der Waals surface area (Å²) in [7, 11) is 0. The van der Waals surface area contributed by atoms with E-state index >= 15 is 0 Å². The van der Waals surface area contributed by atoms with E-state index in [4.69, 9.17) is 0 Å². The number of aryl methyl sites for hydroxylation is 1. The van der Waals surface area contributed by atoms with Gasteiger partial charge in [-0.3, -0.25) is 0 Å². The van der Waals surface area contributed by atoms with Crippen molar-refractivity contribution in [2.75, 3.05) is 0 Å². The van der Waals surface area contributed by atoms with E-state index in [0.29, 0.717) is 0 Å². The number of hydrogen-bond donors (Lipinski definition) is 0. The Labute approximate surface area is 80.8 Å². The molecule has 1 aromatic carbocycles. The van der Waals surface area contributed by atoms with E-state index in [2.05, 4.69) is 0 Å². The molecular weight excluding hydrogens is 163 g/mol. The lowest BCUT2D eigenvalue weighted by molar-refractivity contribution is 0.590. The van der Waals surface area contributed by atoms with E-state index in [0.717, 1.165) is 11.1 Å². The molecule has 0 heterocycles. The summed E-state index contributed by atoms with van der Waals surface area (Å²) in [4.78, 5) is 0. The second kappa shape index (κ2) is 5.74. The topological polar surface area (TPSA) is 0 Å². The van der Waals surface area contributed by atoms with Crippen molar-refractivity contribution in [3.63, 3.8) is 0 Å². The lowest BCUT2D eigenvalue weighted by atomic mass is 10.0. The van der Waals surface area contributed by atoms with Crippen molar-refractivity contribution in [2.24, 2.45) is 0 Å². The molecule has 0 saturated heterocycles. The molecule has 0 fully saturated rings. The van der Waals surface area contributed by atoms with Gasteiger partial charge >= 0.3 is 0 Å². The van der Waals surface area contributed by atoms with Crippen molar-refractivity contribution < 1.29 is 4.39 Å². The molecule has 0 aliphatic carbocycles. The summed E-state index contributed by atoms with van der Waals surface area (Å²) in [6.07, 6.45) is 0. The zero-order valence-corrected chi connectivity index (χ0v) is 9.19. The number of hydrogen-bond acceptors (Lipinski definition) is 0. The molecule has 74 valence electrons. The van der Waals surface area contributed by atoms with Crippen molar-refractivity contribution >= 4 is 0 Å². The van der Waals surface area contributed by atoms with Crippen LogP contribution in [0.5, 0.6) is 0 Å².